The zero-order valence-electron chi connectivity index (χ0n) is 12.4. The Morgan fingerprint density at radius 1 is 1.50 bits per heavy atom. The molecule has 0 aromatic carbocycles. The summed E-state index contributed by atoms with van der Waals surface area (Å²) in [5.41, 5.74) is -0.432. The molecule has 1 fully saturated rings. The number of nitrogens with zero attached hydrogens (tertiary/aromatic N) is 2. The first kappa shape index (κ1) is 15.1. The van der Waals surface area contributed by atoms with E-state index in [1.54, 1.807) is 11.3 Å². The van der Waals surface area contributed by atoms with Crippen LogP contribution in [0.15, 0.2) is 11.6 Å². The molecule has 1 saturated heterocycles. The predicted octanol–water partition coefficient (Wildman–Crippen LogP) is 2.88. The number of aromatic nitrogens is 1. The molecule has 1 aromatic heterocycles. The van der Waals surface area contributed by atoms with Gasteiger partial charge in [-0.2, -0.15) is 0 Å². The second-order valence-electron chi connectivity index (χ2n) is 6.13. The van der Waals surface area contributed by atoms with Crippen molar-refractivity contribution in [3.05, 3.63) is 11.6 Å². The summed E-state index contributed by atoms with van der Waals surface area (Å²) >= 11 is 1.68. The van der Waals surface area contributed by atoms with Crippen LogP contribution in [0, 0.1) is 5.92 Å². The molecule has 2 rings (SSSR count). The number of nitrogens with one attached hydrogen (secondary N) is 1. The van der Waals surface area contributed by atoms with Crippen molar-refractivity contribution >= 4 is 22.6 Å². The molecule has 0 radical (unpaired) electrons. The average molecular weight is 297 g/mol. The third kappa shape index (κ3) is 4.67. The third-order valence-corrected chi connectivity index (χ3v) is 4.07. The number of carbonyl (C=O) groups excluding carboxylic acids is 1. The predicted molar refractivity (Wildman–Crippen MR) is 81.3 cm³/mol. The van der Waals surface area contributed by atoms with Gasteiger partial charge in [-0.3, -0.25) is 0 Å². The van der Waals surface area contributed by atoms with Crippen LogP contribution in [-0.2, 0) is 4.74 Å². The normalized spacial score (nSPS) is 17.1. The Bertz CT molecular complexity index is 420. The standard InChI is InChI=1S/C14H23N3O2S/c1-14(2,3)19-13(18)16-10-11-4-7-17(8-5-11)12-15-6-9-20-12/h6,9,11H,4-5,7-8,10H2,1-3H3,(H,16,18). The van der Waals surface area contributed by atoms with Gasteiger partial charge in [0.2, 0.25) is 0 Å². The number of rotatable bonds is 3. The van der Waals surface area contributed by atoms with Gasteiger partial charge in [0.25, 0.3) is 0 Å². The third-order valence-electron chi connectivity index (χ3n) is 3.24. The van der Waals surface area contributed by atoms with Crippen molar-refractivity contribution in [2.24, 2.45) is 5.92 Å². The first-order valence-electron chi connectivity index (χ1n) is 7.05. The first-order chi connectivity index (χ1) is 9.44. The van der Waals surface area contributed by atoms with Crippen molar-refractivity contribution < 1.29 is 9.53 Å². The Morgan fingerprint density at radius 3 is 2.75 bits per heavy atom. The van der Waals surface area contributed by atoms with E-state index >= 15 is 0 Å². The van der Waals surface area contributed by atoms with Gasteiger partial charge in [0.05, 0.1) is 0 Å². The van der Waals surface area contributed by atoms with Gasteiger partial charge in [0.1, 0.15) is 5.60 Å². The molecule has 112 valence electrons. The number of anilines is 1. The van der Waals surface area contributed by atoms with E-state index in [2.05, 4.69) is 15.2 Å². The zero-order valence-corrected chi connectivity index (χ0v) is 13.2. The molecule has 1 aromatic rings. The number of hydrogen-bond donors (Lipinski definition) is 1. The summed E-state index contributed by atoms with van der Waals surface area (Å²) in [5.74, 6) is 0.527. The first-order valence-corrected chi connectivity index (χ1v) is 7.93. The van der Waals surface area contributed by atoms with Crippen LogP contribution in [0.25, 0.3) is 0 Å². The van der Waals surface area contributed by atoms with Crippen LogP contribution >= 0.6 is 11.3 Å². The number of amides is 1. The summed E-state index contributed by atoms with van der Waals surface area (Å²) in [4.78, 5) is 18.2. The molecule has 0 aliphatic carbocycles. The highest BCUT2D eigenvalue weighted by molar-refractivity contribution is 7.13. The van der Waals surface area contributed by atoms with Crippen molar-refractivity contribution in [2.45, 2.75) is 39.2 Å². The molecule has 1 aliphatic rings. The Labute approximate surface area is 124 Å². The van der Waals surface area contributed by atoms with Gasteiger partial charge in [-0.1, -0.05) is 0 Å². The summed E-state index contributed by atoms with van der Waals surface area (Å²) in [6.45, 7) is 8.33. The summed E-state index contributed by atoms with van der Waals surface area (Å²) in [7, 11) is 0. The number of thiazole rings is 1. The van der Waals surface area contributed by atoms with Gasteiger partial charge < -0.3 is 15.0 Å². The lowest BCUT2D eigenvalue weighted by molar-refractivity contribution is 0.0517. The zero-order chi connectivity index (χ0) is 14.6. The molecule has 5 nitrogen and oxygen atoms in total. The van der Waals surface area contributed by atoms with Crippen LogP contribution in [0.4, 0.5) is 9.93 Å². The molecule has 0 spiro atoms. The van der Waals surface area contributed by atoms with Crippen LogP contribution in [0.3, 0.4) is 0 Å². The minimum absolute atomic E-state index is 0.320. The molecule has 0 unspecified atom stereocenters. The molecular weight excluding hydrogens is 274 g/mol. The summed E-state index contributed by atoms with van der Waals surface area (Å²) in [6.07, 6.45) is 3.68. The SMILES string of the molecule is CC(C)(C)OC(=O)NCC1CCN(c2nccs2)CC1. The molecule has 1 amide bonds. The van der Waals surface area contributed by atoms with Crippen molar-refractivity contribution in [1.29, 1.82) is 0 Å². The number of hydrogen-bond acceptors (Lipinski definition) is 5. The van der Waals surface area contributed by atoms with E-state index in [1.807, 2.05) is 32.3 Å². The number of carbonyl (C=O) groups is 1. The maximum atomic E-state index is 11.6. The number of ether oxygens (including phenoxy) is 1. The molecule has 0 bridgehead atoms. The summed E-state index contributed by atoms with van der Waals surface area (Å²) in [6, 6.07) is 0. The average Bonchev–Trinajstić information content (AvgIpc) is 2.89. The smallest absolute Gasteiger partial charge is 0.407 e. The van der Waals surface area contributed by atoms with Crippen molar-refractivity contribution in [2.75, 3.05) is 24.5 Å². The van der Waals surface area contributed by atoms with Crippen LogP contribution < -0.4 is 10.2 Å². The minimum Gasteiger partial charge on any atom is -0.444 e. The Hall–Kier alpha value is -1.30. The molecule has 0 atom stereocenters. The van der Waals surface area contributed by atoms with Crippen molar-refractivity contribution in [3.8, 4) is 0 Å². The molecule has 1 N–H and O–H groups in total. The van der Waals surface area contributed by atoms with E-state index in [0.29, 0.717) is 12.5 Å². The van der Waals surface area contributed by atoms with E-state index in [-0.39, 0.29) is 6.09 Å². The lowest BCUT2D eigenvalue weighted by Crippen LogP contribution is -2.40. The van der Waals surface area contributed by atoms with E-state index in [9.17, 15) is 4.79 Å². The van der Waals surface area contributed by atoms with E-state index in [1.165, 1.54) is 0 Å². The fourth-order valence-electron chi connectivity index (χ4n) is 2.24. The lowest BCUT2D eigenvalue weighted by Gasteiger charge is -2.32. The van der Waals surface area contributed by atoms with Gasteiger partial charge in [0.15, 0.2) is 5.13 Å². The molecule has 1 aliphatic heterocycles. The van der Waals surface area contributed by atoms with Crippen LogP contribution in [-0.4, -0.2) is 36.3 Å². The second-order valence-corrected chi connectivity index (χ2v) is 7.00. The topological polar surface area (TPSA) is 54.5 Å². The Balaban J connectivity index is 1.68. The molecule has 0 saturated carbocycles. The van der Waals surface area contributed by atoms with Crippen molar-refractivity contribution in [1.82, 2.24) is 10.3 Å². The minimum atomic E-state index is -0.432. The molecular formula is C14H23N3O2S. The maximum Gasteiger partial charge on any atom is 0.407 e. The second kappa shape index (κ2) is 6.43. The van der Waals surface area contributed by atoms with Gasteiger partial charge >= 0.3 is 6.09 Å². The molecule has 2 heterocycles. The fraction of sp³-hybridized carbons (Fsp3) is 0.714. The van der Waals surface area contributed by atoms with E-state index < -0.39 is 5.60 Å². The van der Waals surface area contributed by atoms with Gasteiger partial charge in [-0.25, -0.2) is 9.78 Å². The molecule has 20 heavy (non-hydrogen) atoms. The maximum absolute atomic E-state index is 11.6. The van der Waals surface area contributed by atoms with Gasteiger partial charge in [0, 0.05) is 31.2 Å². The van der Waals surface area contributed by atoms with Crippen LogP contribution in [0.1, 0.15) is 33.6 Å². The number of piperidine rings is 1. The van der Waals surface area contributed by atoms with E-state index in [0.717, 1.165) is 31.1 Å². The number of alkyl carbamates (subject to hydrolysis) is 1. The van der Waals surface area contributed by atoms with Gasteiger partial charge in [-0.05, 0) is 39.5 Å². The van der Waals surface area contributed by atoms with Crippen LogP contribution in [0.2, 0.25) is 0 Å². The lowest BCUT2D eigenvalue weighted by atomic mass is 9.97. The Kier molecular flexibility index (Phi) is 4.86. The monoisotopic (exact) mass is 297 g/mol. The summed E-state index contributed by atoms with van der Waals surface area (Å²) < 4.78 is 5.24. The highest BCUT2D eigenvalue weighted by atomic mass is 32.1. The molecule has 6 heteroatoms. The van der Waals surface area contributed by atoms with E-state index in [4.69, 9.17) is 4.74 Å². The van der Waals surface area contributed by atoms with Crippen molar-refractivity contribution in [3.63, 3.8) is 0 Å². The highest BCUT2D eigenvalue weighted by Gasteiger charge is 2.22. The quantitative estimate of drug-likeness (QED) is 0.932. The van der Waals surface area contributed by atoms with Crippen LogP contribution in [0.5, 0.6) is 0 Å². The summed E-state index contributed by atoms with van der Waals surface area (Å²) in [5, 5.41) is 5.97. The Morgan fingerprint density at radius 2 is 2.20 bits per heavy atom. The fourth-order valence-corrected chi connectivity index (χ4v) is 2.94. The van der Waals surface area contributed by atoms with Gasteiger partial charge in [-0.15, -0.1) is 11.3 Å². The highest BCUT2D eigenvalue weighted by Crippen LogP contribution is 2.24. The largest absolute Gasteiger partial charge is 0.444 e.